The molecule has 0 radical (unpaired) electrons. The van der Waals surface area contributed by atoms with Gasteiger partial charge >= 0.3 is 0 Å². The van der Waals surface area contributed by atoms with Crippen LogP contribution in [0.15, 0.2) is 46.9 Å². The highest BCUT2D eigenvalue weighted by molar-refractivity contribution is 9.10. The van der Waals surface area contributed by atoms with Crippen LogP contribution >= 0.6 is 15.9 Å². The highest BCUT2D eigenvalue weighted by Crippen LogP contribution is 2.30. The SMILES string of the molecule is Cc1cc(C)cc(OC(c2ccccc2Br)C(C)N)c1. The number of rotatable bonds is 4. The van der Waals surface area contributed by atoms with Crippen molar-refractivity contribution in [2.45, 2.75) is 32.9 Å². The summed E-state index contributed by atoms with van der Waals surface area (Å²) >= 11 is 3.57. The molecule has 0 saturated heterocycles. The van der Waals surface area contributed by atoms with Crippen molar-refractivity contribution in [3.63, 3.8) is 0 Å². The molecule has 0 aliphatic heterocycles. The molecule has 0 spiro atoms. The molecular weight excluding hydrogens is 314 g/mol. The van der Waals surface area contributed by atoms with Crippen molar-refractivity contribution >= 4 is 15.9 Å². The number of nitrogens with two attached hydrogens (primary N) is 1. The standard InChI is InChI=1S/C17H20BrNO/c1-11-8-12(2)10-14(9-11)20-17(13(3)19)15-6-4-5-7-16(15)18/h4-10,13,17H,19H2,1-3H3. The molecule has 0 amide bonds. The van der Waals surface area contributed by atoms with Crippen LogP contribution in [-0.4, -0.2) is 6.04 Å². The normalized spacial score (nSPS) is 13.8. The molecule has 2 aromatic carbocycles. The van der Waals surface area contributed by atoms with E-state index in [1.165, 1.54) is 11.1 Å². The molecule has 0 heterocycles. The Kier molecular flexibility index (Phi) is 4.84. The van der Waals surface area contributed by atoms with E-state index in [9.17, 15) is 0 Å². The highest BCUT2D eigenvalue weighted by atomic mass is 79.9. The van der Waals surface area contributed by atoms with Crippen LogP contribution in [0.2, 0.25) is 0 Å². The lowest BCUT2D eigenvalue weighted by Gasteiger charge is -2.24. The molecule has 2 unspecified atom stereocenters. The number of hydrogen-bond donors (Lipinski definition) is 1. The molecule has 0 bridgehead atoms. The smallest absolute Gasteiger partial charge is 0.140 e. The lowest BCUT2D eigenvalue weighted by atomic mass is 10.0. The quantitative estimate of drug-likeness (QED) is 0.891. The molecular formula is C17H20BrNO. The Morgan fingerprint density at radius 3 is 2.20 bits per heavy atom. The molecule has 0 aliphatic rings. The molecule has 0 aromatic heterocycles. The maximum absolute atomic E-state index is 6.15. The van der Waals surface area contributed by atoms with Gasteiger partial charge in [-0.1, -0.05) is 40.2 Å². The van der Waals surface area contributed by atoms with Gasteiger partial charge < -0.3 is 10.5 Å². The van der Waals surface area contributed by atoms with E-state index in [0.29, 0.717) is 0 Å². The molecule has 20 heavy (non-hydrogen) atoms. The second-order valence-corrected chi connectivity index (χ2v) is 6.10. The maximum atomic E-state index is 6.15. The van der Waals surface area contributed by atoms with Crippen molar-refractivity contribution in [1.82, 2.24) is 0 Å². The average Bonchev–Trinajstić information content (AvgIpc) is 2.35. The van der Waals surface area contributed by atoms with Crippen LogP contribution in [0.4, 0.5) is 0 Å². The Balaban J connectivity index is 2.33. The van der Waals surface area contributed by atoms with Gasteiger partial charge in [0.2, 0.25) is 0 Å². The summed E-state index contributed by atoms with van der Waals surface area (Å²) in [5.41, 5.74) is 9.57. The fourth-order valence-electron chi connectivity index (χ4n) is 2.31. The van der Waals surface area contributed by atoms with E-state index < -0.39 is 0 Å². The van der Waals surface area contributed by atoms with Gasteiger partial charge in [-0.15, -0.1) is 0 Å². The molecule has 0 fully saturated rings. The first-order valence-corrected chi connectivity index (χ1v) is 7.51. The molecule has 2 N–H and O–H groups in total. The Morgan fingerprint density at radius 2 is 1.65 bits per heavy atom. The fraction of sp³-hybridized carbons (Fsp3) is 0.294. The second-order valence-electron chi connectivity index (χ2n) is 5.24. The van der Waals surface area contributed by atoms with E-state index in [0.717, 1.165) is 15.8 Å². The Morgan fingerprint density at radius 1 is 1.05 bits per heavy atom. The number of ether oxygens (including phenoxy) is 1. The third-order valence-electron chi connectivity index (χ3n) is 3.15. The topological polar surface area (TPSA) is 35.2 Å². The summed E-state index contributed by atoms with van der Waals surface area (Å²) in [6.07, 6.45) is -0.174. The van der Waals surface area contributed by atoms with Crippen LogP contribution in [0.25, 0.3) is 0 Å². The van der Waals surface area contributed by atoms with E-state index in [1.54, 1.807) is 0 Å². The molecule has 3 heteroatoms. The zero-order chi connectivity index (χ0) is 14.7. The second kappa shape index (κ2) is 6.42. The molecule has 2 nitrogen and oxygen atoms in total. The fourth-order valence-corrected chi connectivity index (χ4v) is 2.82. The molecule has 0 aliphatic carbocycles. The van der Waals surface area contributed by atoms with Crippen LogP contribution in [0, 0.1) is 13.8 Å². The minimum absolute atomic E-state index is 0.102. The van der Waals surface area contributed by atoms with E-state index >= 15 is 0 Å². The van der Waals surface area contributed by atoms with Crippen LogP contribution in [0.1, 0.15) is 29.7 Å². The number of halogens is 1. The van der Waals surface area contributed by atoms with Gasteiger partial charge in [-0.2, -0.15) is 0 Å². The van der Waals surface area contributed by atoms with Crippen LogP contribution in [0.3, 0.4) is 0 Å². The van der Waals surface area contributed by atoms with Crippen molar-refractivity contribution in [3.8, 4) is 5.75 Å². The van der Waals surface area contributed by atoms with Crippen LogP contribution < -0.4 is 10.5 Å². The van der Waals surface area contributed by atoms with Gasteiger partial charge in [0.25, 0.3) is 0 Å². The van der Waals surface area contributed by atoms with Crippen molar-refractivity contribution in [1.29, 1.82) is 0 Å². The number of aryl methyl sites for hydroxylation is 2. The zero-order valence-electron chi connectivity index (χ0n) is 12.1. The monoisotopic (exact) mass is 333 g/mol. The summed E-state index contributed by atoms with van der Waals surface area (Å²) in [6, 6.07) is 14.2. The highest BCUT2D eigenvalue weighted by Gasteiger charge is 2.20. The van der Waals surface area contributed by atoms with Gasteiger partial charge in [0.1, 0.15) is 11.9 Å². The van der Waals surface area contributed by atoms with Crippen LogP contribution in [0.5, 0.6) is 5.75 Å². The largest absolute Gasteiger partial charge is 0.484 e. The van der Waals surface area contributed by atoms with Gasteiger partial charge in [0.05, 0.1) is 0 Å². The average molecular weight is 334 g/mol. The third-order valence-corrected chi connectivity index (χ3v) is 3.87. The maximum Gasteiger partial charge on any atom is 0.140 e. The predicted molar refractivity (Wildman–Crippen MR) is 87.1 cm³/mol. The van der Waals surface area contributed by atoms with E-state index in [-0.39, 0.29) is 12.1 Å². The predicted octanol–water partition coefficient (Wildman–Crippen LogP) is 4.53. The Hall–Kier alpha value is -1.32. The van der Waals surface area contributed by atoms with Crippen molar-refractivity contribution < 1.29 is 4.74 Å². The molecule has 2 atom stereocenters. The van der Waals surface area contributed by atoms with Gasteiger partial charge in [-0.05, 0) is 50.1 Å². The first kappa shape index (κ1) is 15.1. The summed E-state index contributed by atoms with van der Waals surface area (Å²) < 4.78 is 7.17. The van der Waals surface area contributed by atoms with Gasteiger partial charge in [-0.3, -0.25) is 0 Å². The molecule has 106 valence electrons. The number of benzene rings is 2. The lowest BCUT2D eigenvalue weighted by molar-refractivity contribution is 0.179. The van der Waals surface area contributed by atoms with E-state index in [4.69, 9.17) is 10.5 Å². The summed E-state index contributed by atoms with van der Waals surface area (Å²) in [7, 11) is 0. The minimum atomic E-state index is -0.174. The summed E-state index contributed by atoms with van der Waals surface area (Å²) in [5.74, 6) is 0.862. The molecule has 2 aromatic rings. The van der Waals surface area contributed by atoms with Crippen molar-refractivity contribution in [3.05, 3.63) is 63.6 Å². The molecule has 2 rings (SSSR count). The van der Waals surface area contributed by atoms with Crippen molar-refractivity contribution in [2.24, 2.45) is 5.73 Å². The van der Waals surface area contributed by atoms with Crippen molar-refractivity contribution in [2.75, 3.05) is 0 Å². The van der Waals surface area contributed by atoms with E-state index in [1.807, 2.05) is 43.3 Å². The Bertz CT molecular complexity index is 575. The Labute approximate surface area is 129 Å². The van der Waals surface area contributed by atoms with Gasteiger partial charge in [0.15, 0.2) is 0 Å². The van der Waals surface area contributed by atoms with Crippen LogP contribution in [-0.2, 0) is 0 Å². The summed E-state index contributed by atoms with van der Waals surface area (Å²) in [6.45, 7) is 6.10. The zero-order valence-corrected chi connectivity index (χ0v) is 13.6. The summed E-state index contributed by atoms with van der Waals surface area (Å²) in [4.78, 5) is 0. The minimum Gasteiger partial charge on any atom is -0.484 e. The molecule has 0 saturated carbocycles. The van der Waals surface area contributed by atoms with Gasteiger partial charge in [-0.25, -0.2) is 0 Å². The summed E-state index contributed by atoms with van der Waals surface area (Å²) in [5, 5.41) is 0. The first-order chi connectivity index (χ1) is 9.47. The van der Waals surface area contributed by atoms with Gasteiger partial charge in [0, 0.05) is 16.1 Å². The third kappa shape index (κ3) is 3.62. The number of hydrogen-bond acceptors (Lipinski definition) is 2. The van der Waals surface area contributed by atoms with E-state index in [2.05, 4.69) is 35.8 Å². The first-order valence-electron chi connectivity index (χ1n) is 6.72. The lowest BCUT2D eigenvalue weighted by Crippen LogP contribution is -2.29.